The zero-order valence-electron chi connectivity index (χ0n) is 14.0. The summed E-state index contributed by atoms with van der Waals surface area (Å²) in [6, 6.07) is 11.1. The highest BCUT2D eigenvalue weighted by molar-refractivity contribution is 8.00. The van der Waals surface area contributed by atoms with Gasteiger partial charge < -0.3 is 15.5 Å². The fourth-order valence-electron chi connectivity index (χ4n) is 2.29. The molecule has 3 N–H and O–H groups in total. The molecule has 6 nitrogen and oxygen atoms in total. The molecule has 0 radical (unpaired) electrons. The van der Waals surface area contributed by atoms with Crippen LogP contribution in [0.15, 0.2) is 51.1 Å². The number of benzene rings is 1. The van der Waals surface area contributed by atoms with Gasteiger partial charge in [0.1, 0.15) is 5.76 Å². The highest BCUT2D eigenvalue weighted by Crippen LogP contribution is 2.28. The number of thiophene rings is 1. The number of anilines is 1. The minimum atomic E-state index is -0.407. The monoisotopic (exact) mass is 387 g/mol. The Morgan fingerprint density at radius 2 is 2.08 bits per heavy atom. The van der Waals surface area contributed by atoms with Gasteiger partial charge >= 0.3 is 0 Å². The summed E-state index contributed by atoms with van der Waals surface area (Å²) < 4.78 is 5.66. The van der Waals surface area contributed by atoms with Crippen LogP contribution in [0.1, 0.15) is 11.5 Å². The number of primary amides is 1. The van der Waals surface area contributed by atoms with Gasteiger partial charge in [0, 0.05) is 4.90 Å². The summed E-state index contributed by atoms with van der Waals surface area (Å²) in [6.45, 7) is 1.80. The fraction of sp³-hybridized carbons (Fsp3) is 0.167. The number of hydrogen-bond acceptors (Lipinski definition) is 6. The van der Waals surface area contributed by atoms with E-state index in [9.17, 15) is 9.59 Å². The number of thioether (sulfide) groups is 1. The number of aromatic nitrogens is 1. The molecule has 1 aromatic carbocycles. The molecule has 3 aromatic rings. The standard InChI is InChI=1S/C18H17N3O3S2/c1-11-13(21-18(24-11)15-7-4-8-25-15)9-17(23)20-12-5-2-3-6-14(12)26-10-16(19)22/h2-8H,9-10H2,1H3,(H2,19,22)(H,20,23). The molecule has 2 aromatic heterocycles. The first-order valence-corrected chi connectivity index (χ1v) is 9.69. The van der Waals surface area contributed by atoms with E-state index in [0.717, 1.165) is 9.77 Å². The van der Waals surface area contributed by atoms with Gasteiger partial charge in [-0.1, -0.05) is 18.2 Å². The maximum Gasteiger partial charge on any atom is 0.236 e. The van der Waals surface area contributed by atoms with Gasteiger partial charge in [-0.2, -0.15) is 0 Å². The van der Waals surface area contributed by atoms with Gasteiger partial charge in [-0.05, 0) is 30.5 Å². The average molecular weight is 387 g/mol. The first-order valence-electron chi connectivity index (χ1n) is 7.83. The maximum atomic E-state index is 12.4. The van der Waals surface area contributed by atoms with E-state index in [2.05, 4.69) is 10.3 Å². The first-order chi connectivity index (χ1) is 12.5. The first kappa shape index (κ1) is 18.2. The molecule has 0 saturated carbocycles. The second kappa shape index (κ2) is 8.20. The lowest BCUT2D eigenvalue weighted by atomic mass is 10.2. The number of nitrogens with zero attached hydrogens (tertiary/aromatic N) is 1. The van der Waals surface area contributed by atoms with E-state index in [4.69, 9.17) is 10.2 Å². The number of carbonyl (C=O) groups is 2. The van der Waals surface area contributed by atoms with Crippen molar-refractivity contribution in [2.24, 2.45) is 5.73 Å². The number of rotatable bonds is 7. The third-order valence-corrected chi connectivity index (χ3v) is 5.44. The van der Waals surface area contributed by atoms with Crippen LogP contribution < -0.4 is 11.1 Å². The van der Waals surface area contributed by atoms with Crippen molar-refractivity contribution in [3.8, 4) is 10.8 Å². The number of oxazole rings is 1. The van der Waals surface area contributed by atoms with Gasteiger partial charge in [0.05, 0.1) is 28.4 Å². The third kappa shape index (κ3) is 4.53. The molecule has 0 saturated heterocycles. The summed E-state index contributed by atoms with van der Waals surface area (Å²) in [6.07, 6.45) is 0.107. The Morgan fingerprint density at radius 3 is 2.81 bits per heavy atom. The average Bonchev–Trinajstić information content (AvgIpc) is 3.24. The maximum absolute atomic E-state index is 12.4. The summed E-state index contributed by atoms with van der Waals surface area (Å²) in [5, 5.41) is 4.81. The molecule has 0 spiro atoms. The third-order valence-electron chi connectivity index (χ3n) is 3.48. The number of nitrogens with two attached hydrogens (primary N) is 1. The Balaban J connectivity index is 1.69. The van der Waals surface area contributed by atoms with Crippen LogP contribution in [0, 0.1) is 6.92 Å². The molecule has 134 valence electrons. The largest absolute Gasteiger partial charge is 0.440 e. The quantitative estimate of drug-likeness (QED) is 0.605. The molecule has 2 heterocycles. The highest BCUT2D eigenvalue weighted by atomic mass is 32.2. The van der Waals surface area contributed by atoms with Crippen LogP contribution in [-0.4, -0.2) is 22.6 Å². The molecular formula is C18H17N3O3S2. The van der Waals surface area contributed by atoms with E-state index in [0.29, 0.717) is 23.0 Å². The number of aryl methyl sites for hydroxylation is 1. The SMILES string of the molecule is Cc1oc(-c2cccs2)nc1CC(=O)Nc1ccccc1SCC(N)=O. The Morgan fingerprint density at radius 1 is 1.27 bits per heavy atom. The molecule has 0 unspecified atom stereocenters. The minimum Gasteiger partial charge on any atom is -0.440 e. The van der Waals surface area contributed by atoms with Crippen LogP contribution in [0.2, 0.25) is 0 Å². The van der Waals surface area contributed by atoms with Crippen LogP contribution in [0.25, 0.3) is 10.8 Å². The Kier molecular flexibility index (Phi) is 5.75. The summed E-state index contributed by atoms with van der Waals surface area (Å²) in [7, 11) is 0. The van der Waals surface area contributed by atoms with E-state index in [1.807, 2.05) is 35.7 Å². The van der Waals surface area contributed by atoms with E-state index in [-0.39, 0.29) is 18.1 Å². The molecule has 0 aliphatic heterocycles. The highest BCUT2D eigenvalue weighted by Gasteiger charge is 2.16. The van der Waals surface area contributed by atoms with Crippen molar-refractivity contribution < 1.29 is 14.0 Å². The Labute approximate surface area is 158 Å². The van der Waals surface area contributed by atoms with Crippen molar-refractivity contribution >= 4 is 40.6 Å². The number of carbonyl (C=O) groups excluding carboxylic acids is 2. The molecule has 0 aliphatic rings. The normalized spacial score (nSPS) is 10.7. The Hall–Kier alpha value is -2.58. The molecule has 2 amide bonds. The van der Waals surface area contributed by atoms with Crippen molar-refractivity contribution in [2.75, 3.05) is 11.1 Å². The minimum absolute atomic E-state index is 0.107. The molecule has 8 heteroatoms. The second-order valence-corrected chi connectivity index (χ2v) is 7.44. The molecule has 0 aliphatic carbocycles. The molecule has 0 fully saturated rings. The number of hydrogen-bond donors (Lipinski definition) is 2. The lowest BCUT2D eigenvalue weighted by molar-refractivity contribution is -0.116. The zero-order chi connectivity index (χ0) is 18.5. The lowest BCUT2D eigenvalue weighted by Crippen LogP contribution is -2.16. The van der Waals surface area contributed by atoms with Gasteiger partial charge in [-0.15, -0.1) is 23.1 Å². The number of amides is 2. The predicted molar refractivity (Wildman–Crippen MR) is 103 cm³/mol. The summed E-state index contributed by atoms with van der Waals surface area (Å²) in [4.78, 5) is 29.6. The van der Waals surface area contributed by atoms with Crippen LogP contribution >= 0.6 is 23.1 Å². The lowest BCUT2D eigenvalue weighted by Gasteiger charge is -2.09. The van der Waals surface area contributed by atoms with Gasteiger partial charge in [-0.25, -0.2) is 4.98 Å². The molecule has 0 atom stereocenters. The molecule has 26 heavy (non-hydrogen) atoms. The molecule has 0 bridgehead atoms. The summed E-state index contributed by atoms with van der Waals surface area (Å²) in [5.74, 6) is 0.693. The van der Waals surface area contributed by atoms with E-state index in [1.54, 1.807) is 13.0 Å². The molecule has 3 rings (SSSR count). The van der Waals surface area contributed by atoms with Crippen molar-refractivity contribution in [1.29, 1.82) is 0 Å². The summed E-state index contributed by atoms with van der Waals surface area (Å²) in [5.41, 5.74) is 6.43. The topological polar surface area (TPSA) is 98.2 Å². The van der Waals surface area contributed by atoms with E-state index in [1.165, 1.54) is 23.1 Å². The number of para-hydroxylation sites is 1. The van der Waals surface area contributed by atoms with Crippen LogP contribution in [0.3, 0.4) is 0 Å². The van der Waals surface area contributed by atoms with Gasteiger partial charge in [0.15, 0.2) is 0 Å². The second-order valence-electron chi connectivity index (χ2n) is 5.48. The zero-order valence-corrected chi connectivity index (χ0v) is 15.7. The molecular weight excluding hydrogens is 370 g/mol. The van der Waals surface area contributed by atoms with Crippen molar-refractivity contribution in [2.45, 2.75) is 18.2 Å². The smallest absolute Gasteiger partial charge is 0.236 e. The summed E-state index contributed by atoms with van der Waals surface area (Å²) >= 11 is 2.82. The number of nitrogens with one attached hydrogen (secondary N) is 1. The van der Waals surface area contributed by atoms with Crippen LogP contribution in [-0.2, 0) is 16.0 Å². The van der Waals surface area contributed by atoms with Gasteiger partial charge in [-0.3, -0.25) is 9.59 Å². The van der Waals surface area contributed by atoms with Crippen LogP contribution in [0.5, 0.6) is 0 Å². The fourth-order valence-corrected chi connectivity index (χ4v) is 3.68. The van der Waals surface area contributed by atoms with E-state index < -0.39 is 5.91 Å². The predicted octanol–water partition coefficient (Wildman–Crippen LogP) is 3.47. The van der Waals surface area contributed by atoms with Crippen molar-refractivity contribution in [3.63, 3.8) is 0 Å². The van der Waals surface area contributed by atoms with Crippen molar-refractivity contribution in [1.82, 2.24) is 4.98 Å². The van der Waals surface area contributed by atoms with Gasteiger partial charge in [0.2, 0.25) is 17.7 Å². The van der Waals surface area contributed by atoms with Crippen LogP contribution in [0.4, 0.5) is 5.69 Å². The van der Waals surface area contributed by atoms with E-state index >= 15 is 0 Å². The van der Waals surface area contributed by atoms with Gasteiger partial charge in [0.25, 0.3) is 0 Å². The Bertz CT molecular complexity index is 920. The van der Waals surface area contributed by atoms with Crippen molar-refractivity contribution in [3.05, 3.63) is 53.2 Å².